The van der Waals surface area contributed by atoms with Crippen LogP contribution in [0.1, 0.15) is 18.4 Å². The summed E-state index contributed by atoms with van der Waals surface area (Å²) in [5, 5.41) is 3.08. The monoisotopic (exact) mass is 479 g/mol. The molecule has 0 bridgehead atoms. The fourth-order valence-electron chi connectivity index (χ4n) is 4.07. The third-order valence-corrected chi connectivity index (χ3v) is 6.84. The lowest BCUT2D eigenvalue weighted by molar-refractivity contribution is 0.257. The quantitative estimate of drug-likeness (QED) is 0.402. The van der Waals surface area contributed by atoms with Crippen molar-refractivity contribution in [3.8, 4) is 0 Å². The summed E-state index contributed by atoms with van der Waals surface area (Å²) >= 11 is 1.20. The van der Waals surface area contributed by atoms with Crippen LogP contribution in [-0.4, -0.2) is 52.2 Å². The van der Waals surface area contributed by atoms with Gasteiger partial charge < -0.3 is 16.0 Å². The van der Waals surface area contributed by atoms with Crippen LogP contribution < -0.4 is 11.1 Å². The first-order valence-corrected chi connectivity index (χ1v) is 11.8. The minimum Gasteiger partial charge on any atom is -0.404 e. The first-order valence-electron chi connectivity index (χ1n) is 10.9. The molecule has 0 amide bonds. The summed E-state index contributed by atoms with van der Waals surface area (Å²) in [6.07, 6.45) is 6.39. The normalized spacial score (nSPS) is 16.1. The number of aliphatic imine (C=N–C) groups is 1. The van der Waals surface area contributed by atoms with Crippen LogP contribution in [0.15, 0.2) is 47.3 Å². The number of nitrogens with two attached hydrogens (primary N) is 1. The van der Waals surface area contributed by atoms with Gasteiger partial charge in [-0.2, -0.15) is 0 Å². The van der Waals surface area contributed by atoms with E-state index in [2.05, 4.69) is 37.2 Å². The summed E-state index contributed by atoms with van der Waals surface area (Å²) in [4.78, 5) is 19.4. The average molecular weight is 480 g/mol. The van der Waals surface area contributed by atoms with Crippen LogP contribution >= 0.6 is 11.3 Å². The maximum atomic E-state index is 15.3. The molecule has 0 unspecified atom stereocenters. The summed E-state index contributed by atoms with van der Waals surface area (Å²) in [6, 6.07) is 6.59. The van der Waals surface area contributed by atoms with Crippen LogP contribution in [0.5, 0.6) is 0 Å². The van der Waals surface area contributed by atoms with Gasteiger partial charge in [-0.05, 0) is 62.8 Å². The first kappa shape index (κ1) is 22.3. The number of nitrogens with zero attached hydrogens (tertiary/aromatic N) is 5. The van der Waals surface area contributed by atoms with Gasteiger partial charge >= 0.3 is 0 Å². The smallest absolute Gasteiger partial charge is 0.166 e. The number of rotatable bonds is 5. The number of hydrogen-bond acceptors (Lipinski definition) is 8. The lowest BCUT2D eigenvalue weighted by Crippen LogP contribution is -2.32. The molecule has 4 aromatic rings. The fourth-order valence-corrected chi connectivity index (χ4v) is 4.79. The van der Waals surface area contributed by atoms with Crippen LogP contribution in [0.4, 0.5) is 20.3 Å². The molecule has 1 fully saturated rings. The van der Waals surface area contributed by atoms with Gasteiger partial charge in [-0.1, -0.05) is 0 Å². The van der Waals surface area contributed by atoms with Gasteiger partial charge in [0.25, 0.3) is 0 Å². The molecular formula is C24H23F2N7S. The van der Waals surface area contributed by atoms with E-state index in [1.165, 1.54) is 29.9 Å². The number of allylic oxidation sites excluding steroid dienone is 1. The summed E-state index contributed by atoms with van der Waals surface area (Å²) < 4.78 is 30.6. The molecule has 3 heterocycles. The van der Waals surface area contributed by atoms with E-state index in [0.717, 1.165) is 25.9 Å². The van der Waals surface area contributed by atoms with E-state index >= 15 is 4.39 Å². The second-order valence-electron chi connectivity index (χ2n) is 8.26. The van der Waals surface area contributed by atoms with Crippen molar-refractivity contribution < 1.29 is 8.78 Å². The van der Waals surface area contributed by atoms with E-state index in [9.17, 15) is 4.39 Å². The SMILES string of the molecule is CN1CCC(N=C/C(=C\N)c2cc(F)c3c(Nc4ccc5ncsc5c4F)ncnc3c2)CC1. The lowest BCUT2D eigenvalue weighted by atomic mass is 10.0. The molecule has 3 N–H and O–H groups in total. The van der Waals surface area contributed by atoms with Crippen molar-refractivity contribution in [1.82, 2.24) is 19.9 Å². The molecule has 34 heavy (non-hydrogen) atoms. The Labute approximate surface area is 199 Å². The summed E-state index contributed by atoms with van der Waals surface area (Å²) in [5.41, 5.74) is 9.73. The predicted octanol–water partition coefficient (Wildman–Crippen LogP) is 4.73. The van der Waals surface area contributed by atoms with Crippen LogP contribution in [0.2, 0.25) is 0 Å². The maximum absolute atomic E-state index is 15.3. The zero-order chi connectivity index (χ0) is 23.7. The zero-order valence-electron chi connectivity index (χ0n) is 18.5. The molecule has 5 rings (SSSR count). The molecule has 0 atom stereocenters. The van der Waals surface area contributed by atoms with Gasteiger partial charge in [0.1, 0.15) is 18.0 Å². The minimum atomic E-state index is -0.540. The topological polar surface area (TPSA) is 92.3 Å². The number of benzene rings is 2. The molecule has 2 aromatic heterocycles. The van der Waals surface area contributed by atoms with Gasteiger partial charge in [0, 0.05) is 18.0 Å². The highest BCUT2D eigenvalue weighted by molar-refractivity contribution is 7.16. The van der Waals surface area contributed by atoms with Crippen LogP contribution in [0, 0.1) is 11.6 Å². The van der Waals surface area contributed by atoms with Crippen LogP contribution in [-0.2, 0) is 0 Å². The lowest BCUT2D eigenvalue weighted by Gasteiger charge is -2.26. The molecule has 1 aliphatic heterocycles. The molecule has 1 aliphatic rings. The highest BCUT2D eigenvalue weighted by atomic mass is 32.1. The van der Waals surface area contributed by atoms with Crippen LogP contribution in [0.3, 0.4) is 0 Å². The molecule has 1 saturated heterocycles. The Morgan fingerprint density at radius 2 is 2.00 bits per heavy atom. The fraction of sp³-hybridized carbons (Fsp3) is 0.250. The third-order valence-electron chi connectivity index (χ3n) is 6.01. The van der Waals surface area contributed by atoms with Crippen molar-refractivity contribution in [2.24, 2.45) is 10.7 Å². The molecule has 2 aromatic carbocycles. The summed E-state index contributed by atoms with van der Waals surface area (Å²) in [5.74, 6) is -0.820. The zero-order valence-corrected chi connectivity index (χ0v) is 19.3. The number of fused-ring (bicyclic) bond motifs is 2. The molecule has 7 nitrogen and oxygen atoms in total. The number of hydrogen-bond donors (Lipinski definition) is 2. The second-order valence-corrected chi connectivity index (χ2v) is 9.12. The Morgan fingerprint density at radius 1 is 1.18 bits per heavy atom. The number of halogens is 2. The van der Waals surface area contributed by atoms with Gasteiger partial charge in [0.15, 0.2) is 5.82 Å². The van der Waals surface area contributed by atoms with Crippen molar-refractivity contribution in [3.05, 3.63) is 59.5 Å². The van der Waals surface area contributed by atoms with Crippen molar-refractivity contribution >= 4 is 55.7 Å². The first-order chi connectivity index (χ1) is 16.5. The Bertz CT molecular complexity index is 1410. The highest BCUT2D eigenvalue weighted by Gasteiger charge is 2.17. The second kappa shape index (κ2) is 9.40. The molecule has 174 valence electrons. The minimum absolute atomic E-state index is 0.165. The standard InChI is InChI=1S/C24H23F2N7S/c1-33-6-4-16(5-7-33)28-11-15(10-27)14-8-17(25)21-20(9-14)29-12-30-24(21)32-18-2-3-19-23(22(18)26)34-13-31-19/h2-3,8-13,16H,4-7,27H2,1H3,(H,29,30,32)/b15-10+,28-11?. The number of aromatic nitrogens is 3. The molecule has 10 heteroatoms. The van der Waals surface area contributed by atoms with E-state index in [1.54, 1.807) is 29.9 Å². The Kier molecular flexibility index (Phi) is 6.16. The molecule has 0 radical (unpaired) electrons. The average Bonchev–Trinajstić information content (AvgIpc) is 3.32. The number of thiazole rings is 1. The Hall–Kier alpha value is -3.50. The Balaban J connectivity index is 1.46. The van der Waals surface area contributed by atoms with Crippen molar-refractivity contribution in [1.29, 1.82) is 0 Å². The molecule has 0 saturated carbocycles. The van der Waals surface area contributed by atoms with Gasteiger partial charge in [0.05, 0.1) is 38.4 Å². The maximum Gasteiger partial charge on any atom is 0.166 e. The molecular weight excluding hydrogens is 456 g/mol. The van der Waals surface area contributed by atoms with Crippen molar-refractivity contribution in [2.75, 3.05) is 25.5 Å². The van der Waals surface area contributed by atoms with E-state index in [0.29, 0.717) is 26.9 Å². The molecule has 0 aliphatic carbocycles. The van der Waals surface area contributed by atoms with Crippen molar-refractivity contribution in [2.45, 2.75) is 18.9 Å². The molecule has 0 spiro atoms. The van der Waals surface area contributed by atoms with Gasteiger partial charge in [-0.3, -0.25) is 4.99 Å². The highest BCUT2D eigenvalue weighted by Crippen LogP contribution is 2.32. The van der Waals surface area contributed by atoms with Crippen molar-refractivity contribution in [3.63, 3.8) is 0 Å². The van der Waals surface area contributed by atoms with Crippen LogP contribution in [0.25, 0.3) is 26.7 Å². The van der Waals surface area contributed by atoms with Gasteiger partial charge in [-0.25, -0.2) is 23.7 Å². The number of piperidine rings is 1. The van der Waals surface area contributed by atoms with E-state index in [4.69, 9.17) is 5.73 Å². The number of nitrogens with one attached hydrogen (secondary N) is 1. The third kappa shape index (κ3) is 4.34. The van der Waals surface area contributed by atoms with Gasteiger partial charge in [-0.15, -0.1) is 11.3 Å². The summed E-state index contributed by atoms with van der Waals surface area (Å²) in [6.45, 7) is 2.00. The van der Waals surface area contributed by atoms with E-state index in [-0.39, 0.29) is 22.9 Å². The Morgan fingerprint density at radius 3 is 2.79 bits per heavy atom. The van der Waals surface area contributed by atoms with Gasteiger partial charge in [0.2, 0.25) is 0 Å². The largest absolute Gasteiger partial charge is 0.404 e. The number of anilines is 2. The van der Waals surface area contributed by atoms with E-state index < -0.39 is 11.6 Å². The van der Waals surface area contributed by atoms with E-state index in [1.807, 2.05) is 0 Å². The summed E-state index contributed by atoms with van der Waals surface area (Å²) in [7, 11) is 2.10. The number of likely N-dealkylation sites (tertiary alicyclic amines) is 1. The predicted molar refractivity (Wildman–Crippen MR) is 134 cm³/mol.